The van der Waals surface area contributed by atoms with E-state index in [4.69, 9.17) is 4.74 Å². The topological polar surface area (TPSA) is 37.4 Å². The third kappa shape index (κ3) is 3.98. The Balaban J connectivity index is 2.93. The maximum Gasteiger partial charge on any atom is 0.0637 e. The SMILES string of the molecule is CCN(CCOC)c1cc(C)ncc1CNC. The lowest BCUT2D eigenvalue weighted by atomic mass is 10.2. The Kier molecular flexibility index (Phi) is 5.94. The minimum absolute atomic E-state index is 0.744. The van der Waals surface area contributed by atoms with Crippen molar-refractivity contribution in [2.45, 2.75) is 20.4 Å². The van der Waals surface area contributed by atoms with Crippen LogP contribution in [0, 0.1) is 6.92 Å². The molecular weight excluding hydrogens is 214 g/mol. The molecule has 0 amide bonds. The van der Waals surface area contributed by atoms with Gasteiger partial charge in [0.1, 0.15) is 0 Å². The molecule has 0 spiro atoms. The molecular formula is C13H23N3O. The Morgan fingerprint density at radius 2 is 2.24 bits per heavy atom. The lowest BCUT2D eigenvalue weighted by molar-refractivity contribution is 0.205. The van der Waals surface area contributed by atoms with Crippen LogP contribution in [0.5, 0.6) is 0 Å². The number of aromatic nitrogens is 1. The summed E-state index contributed by atoms with van der Waals surface area (Å²) in [6.07, 6.45) is 1.95. The van der Waals surface area contributed by atoms with Gasteiger partial charge in [-0.25, -0.2) is 0 Å². The van der Waals surface area contributed by atoms with Gasteiger partial charge in [-0.05, 0) is 27.0 Å². The molecule has 0 atom stereocenters. The number of nitrogens with zero attached hydrogens (tertiary/aromatic N) is 2. The summed E-state index contributed by atoms with van der Waals surface area (Å²) in [5.74, 6) is 0. The first-order chi connectivity index (χ1) is 8.22. The molecule has 4 heteroatoms. The number of methoxy groups -OCH3 is 1. The van der Waals surface area contributed by atoms with Crippen LogP contribution in [0.1, 0.15) is 18.2 Å². The molecule has 0 unspecified atom stereocenters. The number of aryl methyl sites for hydroxylation is 1. The predicted octanol–water partition coefficient (Wildman–Crippen LogP) is 1.58. The zero-order valence-corrected chi connectivity index (χ0v) is 11.3. The van der Waals surface area contributed by atoms with Crippen molar-refractivity contribution < 1.29 is 4.74 Å². The highest BCUT2D eigenvalue weighted by atomic mass is 16.5. The first-order valence-electron chi connectivity index (χ1n) is 6.07. The van der Waals surface area contributed by atoms with Gasteiger partial charge in [0.05, 0.1) is 6.61 Å². The van der Waals surface area contributed by atoms with E-state index in [0.717, 1.165) is 31.9 Å². The monoisotopic (exact) mass is 237 g/mol. The van der Waals surface area contributed by atoms with Crippen LogP contribution in [-0.2, 0) is 11.3 Å². The summed E-state index contributed by atoms with van der Waals surface area (Å²) in [7, 11) is 3.69. The highest BCUT2D eigenvalue weighted by molar-refractivity contribution is 5.53. The van der Waals surface area contributed by atoms with E-state index >= 15 is 0 Å². The van der Waals surface area contributed by atoms with Gasteiger partial charge in [-0.3, -0.25) is 4.98 Å². The summed E-state index contributed by atoms with van der Waals surface area (Å²) in [5, 5.41) is 3.18. The number of nitrogens with one attached hydrogen (secondary N) is 1. The Morgan fingerprint density at radius 3 is 2.82 bits per heavy atom. The van der Waals surface area contributed by atoms with Crippen LogP contribution in [0.3, 0.4) is 0 Å². The van der Waals surface area contributed by atoms with Crippen molar-refractivity contribution in [1.29, 1.82) is 0 Å². The standard InChI is InChI=1S/C13H23N3O/c1-5-16(6-7-17-4)13-8-11(2)15-10-12(13)9-14-3/h8,10,14H,5-7,9H2,1-4H3. The van der Waals surface area contributed by atoms with E-state index in [1.807, 2.05) is 20.2 Å². The van der Waals surface area contributed by atoms with Crippen molar-refractivity contribution in [2.75, 3.05) is 38.8 Å². The zero-order chi connectivity index (χ0) is 12.7. The number of anilines is 1. The fourth-order valence-corrected chi connectivity index (χ4v) is 1.85. The summed E-state index contributed by atoms with van der Waals surface area (Å²) in [6.45, 7) is 7.66. The lowest BCUT2D eigenvalue weighted by Crippen LogP contribution is -2.28. The summed E-state index contributed by atoms with van der Waals surface area (Å²) < 4.78 is 5.15. The first kappa shape index (κ1) is 13.9. The Bertz CT molecular complexity index is 341. The fourth-order valence-electron chi connectivity index (χ4n) is 1.85. The van der Waals surface area contributed by atoms with Crippen LogP contribution >= 0.6 is 0 Å². The van der Waals surface area contributed by atoms with Crippen molar-refractivity contribution in [3.63, 3.8) is 0 Å². The number of ether oxygens (including phenoxy) is 1. The predicted molar refractivity (Wildman–Crippen MR) is 71.5 cm³/mol. The van der Waals surface area contributed by atoms with Crippen LogP contribution in [0.4, 0.5) is 5.69 Å². The van der Waals surface area contributed by atoms with Crippen LogP contribution < -0.4 is 10.2 Å². The lowest BCUT2D eigenvalue weighted by Gasteiger charge is -2.25. The van der Waals surface area contributed by atoms with Gasteiger partial charge in [-0.1, -0.05) is 0 Å². The van der Waals surface area contributed by atoms with Gasteiger partial charge in [0.2, 0.25) is 0 Å². The molecule has 0 bridgehead atoms. The smallest absolute Gasteiger partial charge is 0.0637 e. The van der Waals surface area contributed by atoms with Gasteiger partial charge < -0.3 is 15.0 Å². The molecule has 96 valence electrons. The Morgan fingerprint density at radius 1 is 1.47 bits per heavy atom. The summed E-state index contributed by atoms with van der Waals surface area (Å²) in [4.78, 5) is 6.68. The molecule has 0 radical (unpaired) electrons. The van der Waals surface area contributed by atoms with E-state index < -0.39 is 0 Å². The highest BCUT2D eigenvalue weighted by Gasteiger charge is 2.10. The van der Waals surface area contributed by atoms with E-state index in [2.05, 4.69) is 28.2 Å². The molecule has 17 heavy (non-hydrogen) atoms. The molecule has 1 rings (SSSR count). The van der Waals surface area contributed by atoms with Crippen molar-refractivity contribution >= 4 is 5.69 Å². The van der Waals surface area contributed by atoms with E-state index in [0.29, 0.717) is 0 Å². The molecule has 0 aliphatic carbocycles. The molecule has 0 saturated heterocycles. The van der Waals surface area contributed by atoms with Gasteiger partial charge >= 0.3 is 0 Å². The minimum atomic E-state index is 0.744. The molecule has 0 fully saturated rings. The van der Waals surface area contributed by atoms with Gasteiger partial charge in [-0.15, -0.1) is 0 Å². The van der Waals surface area contributed by atoms with Crippen LogP contribution in [0.15, 0.2) is 12.3 Å². The van der Waals surface area contributed by atoms with Crippen molar-refractivity contribution in [3.05, 3.63) is 23.5 Å². The van der Waals surface area contributed by atoms with Gasteiger partial charge in [0.15, 0.2) is 0 Å². The van der Waals surface area contributed by atoms with Crippen LogP contribution in [-0.4, -0.2) is 38.8 Å². The maximum atomic E-state index is 5.15. The second kappa shape index (κ2) is 7.25. The number of rotatable bonds is 7. The summed E-state index contributed by atoms with van der Waals surface area (Å²) in [6, 6.07) is 2.14. The fraction of sp³-hybridized carbons (Fsp3) is 0.615. The van der Waals surface area contributed by atoms with E-state index in [-0.39, 0.29) is 0 Å². The Hall–Kier alpha value is -1.13. The summed E-state index contributed by atoms with van der Waals surface area (Å²) >= 11 is 0. The van der Waals surface area contributed by atoms with Gasteiger partial charge in [0, 0.05) is 49.9 Å². The number of hydrogen-bond acceptors (Lipinski definition) is 4. The van der Waals surface area contributed by atoms with Gasteiger partial charge in [-0.2, -0.15) is 0 Å². The molecule has 4 nitrogen and oxygen atoms in total. The highest BCUT2D eigenvalue weighted by Crippen LogP contribution is 2.20. The molecule has 1 heterocycles. The second-order valence-corrected chi connectivity index (χ2v) is 4.06. The van der Waals surface area contributed by atoms with Crippen LogP contribution in [0.2, 0.25) is 0 Å². The third-order valence-corrected chi connectivity index (χ3v) is 2.75. The molecule has 0 aromatic carbocycles. The zero-order valence-electron chi connectivity index (χ0n) is 11.3. The number of likely N-dealkylation sites (N-methyl/N-ethyl adjacent to an activating group) is 1. The quantitative estimate of drug-likeness (QED) is 0.781. The Labute approximate surface area is 104 Å². The molecule has 1 aromatic heterocycles. The van der Waals surface area contributed by atoms with Crippen LogP contribution in [0.25, 0.3) is 0 Å². The average Bonchev–Trinajstić information content (AvgIpc) is 2.33. The normalized spacial score (nSPS) is 10.6. The van der Waals surface area contributed by atoms with Gasteiger partial charge in [0.25, 0.3) is 0 Å². The van der Waals surface area contributed by atoms with Crippen molar-refractivity contribution in [2.24, 2.45) is 0 Å². The second-order valence-electron chi connectivity index (χ2n) is 4.06. The third-order valence-electron chi connectivity index (χ3n) is 2.75. The summed E-state index contributed by atoms with van der Waals surface area (Å²) in [5.41, 5.74) is 3.54. The number of hydrogen-bond donors (Lipinski definition) is 1. The van der Waals surface area contributed by atoms with E-state index in [1.54, 1.807) is 7.11 Å². The van der Waals surface area contributed by atoms with E-state index in [1.165, 1.54) is 11.3 Å². The first-order valence-corrected chi connectivity index (χ1v) is 6.07. The molecule has 0 saturated carbocycles. The maximum absolute atomic E-state index is 5.15. The molecule has 1 aromatic rings. The van der Waals surface area contributed by atoms with Crippen molar-refractivity contribution in [3.8, 4) is 0 Å². The molecule has 0 aliphatic rings. The van der Waals surface area contributed by atoms with E-state index in [9.17, 15) is 0 Å². The van der Waals surface area contributed by atoms with Crippen molar-refractivity contribution in [1.82, 2.24) is 10.3 Å². The number of pyridine rings is 1. The largest absolute Gasteiger partial charge is 0.383 e. The molecule has 0 aliphatic heterocycles. The minimum Gasteiger partial charge on any atom is -0.383 e. The average molecular weight is 237 g/mol. The molecule has 1 N–H and O–H groups in total.